The number of benzene rings is 1. The Kier molecular flexibility index (Phi) is 3.08. The van der Waals surface area contributed by atoms with E-state index in [1.54, 1.807) is 6.07 Å². The fraction of sp³-hybridized carbons (Fsp3) is 0. The Hall–Kier alpha value is 0.245. The van der Waals surface area contributed by atoms with E-state index in [4.69, 9.17) is 10.0 Å². The van der Waals surface area contributed by atoms with Crippen LogP contribution in [0.15, 0.2) is 23.1 Å². The van der Waals surface area contributed by atoms with Crippen molar-refractivity contribution < 1.29 is 10.0 Å². The molecule has 0 radical (unpaired) electrons. The highest BCUT2D eigenvalue weighted by Crippen LogP contribution is 2.27. The molecule has 0 spiro atoms. The maximum Gasteiger partial charge on any atom is 0.499 e. The highest BCUT2D eigenvalue weighted by Gasteiger charge is 2.15. The van der Waals surface area contributed by atoms with Gasteiger partial charge in [-0.25, -0.2) is 0 Å². The first-order valence-corrected chi connectivity index (χ1v) is 6.20. The summed E-state index contributed by atoms with van der Waals surface area (Å²) in [5, 5.41) is 19.1. The van der Waals surface area contributed by atoms with E-state index in [0.717, 1.165) is 18.6 Å². The normalized spacial score (nSPS) is 10.9. The SMILES string of the molecule is OB(O)c1cc2cc(S)cc(I)c2s1. The average molecular weight is 336 g/mol. The zero-order chi connectivity index (χ0) is 10.3. The maximum atomic E-state index is 9.03. The van der Waals surface area contributed by atoms with Crippen molar-refractivity contribution in [1.82, 2.24) is 0 Å². The number of rotatable bonds is 1. The molecule has 2 N–H and O–H groups in total. The summed E-state index contributed by atoms with van der Waals surface area (Å²) >= 11 is 7.88. The van der Waals surface area contributed by atoms with E-state index >= 15 is 0 Å². The predicted molar refractivity (Wildman–Crippen MR) is 71.6 cm³/mol. The Balaban J connectivity index is 2.70. The van der Waals surface area contributed by atoms with Crippen molar-refractivity contribution in [2.75, 3.05) is 0 Å². The maximum absolute atomic E-state index is 9.03. The second-order valence-corrected chi connectivity index (χ2v) is 5.63. The second kappa shape index (κ2) is 4.01. The molecule has 0 saturated heterocycles. The Morgan fingerprint density at radius 1 is 1.29 bits per heavy atom. The smallest absolute Gasteiger partial charge is 0.423 e. The molecule has 0 atom stereocenters. The monoisotopic (exact) mass is 336 g/mol. The molecule has 2 nitrogen and oxygen atoms in total. The molecule has 0 fully saturated rings. The minimum absolute atomic E-state index is 0.567. The van der Waals surface area contributed by atoms with E-state index in [0.29, 0.717) is 4.78 Å². The predicted octanol–water partition coefficient (Wildman–Crippen LogP) is 1.47. The molecule has 2 rings (SSSR count). The van der Waals surface area contributed by atoms with Gasteiger partial charge in [0.15, 0.2) is 0 Å². The highest BCUT2D eigenvalue weighted by molar-refractivity contribution is 14.1. The largest absolute Gasteiger partial charge is 0.499 e. The summed E-state index contributed by atoms with van der Waals surface area (Å²) in [5.74, 6) is 0. The Morgan fingerprint density at radius 3 is 2.64 bits per heavy atom. The lowest BCUT2D eigenvalue weighted by Crippen LogP contribution is -2.26. The van der Waals surface area contributed by atoms with Crippen LogP contribution in [0.1, 0.15) is 0 Å². The van der Waals surface area contributed by atoms with Gasteiger partial charge in [0.2, 0.25) is 0 Å². The van der Waals surface area contributed by atoms with Crippen LogP contribution in [0.5, 0.6) is 0 Å². The van der Waals surface area contributed by atoms with Gasteiger partial charge in [-0.15, -0.1) is 24.0 Å². The fourth-order valence-electron chi connectivity index (χ4n) is 1.24. The van der Waals surface area contributed by atoms with Gasteiger partial charge in [0.1, 0.15) is 0 Å². The standard InChI is InChI=1S/C8H6BIO2S2/c10-6-3-5(13)1-4-2-7(9(11)12)14-8(4)6/h1-3,11-13H. The third kappa shape index (κ3) is 1.94. The third-order valence-corrected chi connectivity index (χ3v) is 4.53. The van der Waals surface area contributed by atoms with Crippen molar-refractivity contribution >= 4 is 68.5 Å². The molecule has 0 aliphatic rings. The zero-order valence-electron chi connectivity index (χ0n) is 6.94. The molecule has 0 amide bonds. The van der Waals surface area contributed by atoms with Crippen LogP contribution >= 0.6 is 46.6 Å². The summed E-state index contributed by atoms with van der Waals surface area (Å²) in [6.45, 7) is 0. The molecule has 72 valence electrons. The lowest BCUT2D eigenvalue weighted by Gasteiger charge is -1.95. The number of halogens is 1. The molecule has 0 saturated carbocycles. The molecule has 1 aromatic carbocycles. The van der Waals surface area contributed by atoms with E-state index in [1.165, 1.54) is 11.3 Å². The number of hydrogen-bond acceptors (Lipinski definition) is 4. The average Bonchev–Trinajstić information content (AvgIpc) is 2.47. The molecular formula is C8H6BIO2S2. The first-order chi connectivity index (χ1) is 6.58. The van der Waals surface area contributed by atoms with E-state index in [9.17, 15) is 0 Å². The molecule has 1 heterocycles. The summed E-state index contributed by atoms with van der Waals surface area (Å²) in [6, 6.07) is 5.66. The van der Waals surface area contributed by atoms with Crippen molar-refractivity contribution in [3.8, 4) is 0 Å². The van der Waals surface area contributed by atoms with Crippen molar-refractivity contribution in [1.29, 1.82) is 0 Å². The number of thiol groups is 1. The van der Waals surface area contributed by atoms with Gasteiger partial charge >= 0.3 is 7.12 Å². The van der Waals surface area contributed by atoms with Gasteiger partial charge in [0, 0.05) is 17.9 Å². The first kappa shape index (κ1) is 10.8. The minimum atomic E-state index is -1.38. The Morgan fingerprint density at radius 2 is 2.00 bits per heavy atom. The van der Waals surface area contributed by atoms with E-state index < -0.39 is 7.12 Å². The van der Waals surface area contributed by atoms with Gasteiger partial charge < -0.3 is 10.0 Å². The summed E-state index contributed by atoms with van der Waals surface area (Å²) in [7, 11) is -1.38. The van der Waals surface area contributed by atoms with Gasteiger partial charge in [-0.2, -0.15) is 0 Å². The van der Waals surface area contributed by atoms with E-state index in [2.05, 4.69) is 35.2 Å². The topological polar surface area (TPSA) is 40.5 Å². The van der Waals surface area contributed by atoms with Crippen LogP contribution in [0.3, 0.4) is 0 Å². The van der Waals surface area contributed by atoms with Gasteiger partial charge in [-0.05, 0) is 46.2 Å². The van der Waals surface area contributed by atoms with Crippen LogP contribution in [0.2, 0.25) is 0 Å². The number of thiophene rings is 1. The quantitative estimate of drug-likeness (QED) is 0.419. The van der Waals surface area contributed by atoms with Crippen molar-refractivity contribution in [2.24, 2.45) is 0 Å². The number of hydrogen-bond donors (Lipinski definition) is 3. The minimum Gasteiger partial charge on any atom is -0.423 e. The Labute approximate surface area is 105 Å². The summed E-state index contributed by atoms with van der Waals surface area (Å²) in [6.07, 6.45) is 0. The lowest BCUT2D eigenvalue weighted by atomic mass is 9.89. The summed E-state index contributed by atoms with van der Waals surface area (Å²) < 4.78 is 2.73. The fourth-order valence-corrected chi connectivity index (χ4v) is 3.65. The lowest BCUT2D eigenvalue weighted by molar-refractivity contribution is 0.427. The second-order valence-electron chi connectivity index (χ2n) is 2.87. The first-order valence-electron chi connectivity index (χ1n) is 3.86. The van der Waals surface area contributed by atoms with Gasteiger partial charge in [0.25, 0.3) is 0 Å². The van der Waals surface area contributed by atoms with Gasteiger partial charge in [0.05, 0.1) is 0 Å². The van der Waals surface area contributed by atoms with Crippen LogP contribution in [0, 0.1) is 3.57 Å². The highest BCUT2D eigenvalue weighted by atomic mass is 127. The molecule has 0 unspecified atom stereocenters. The molecule has 14 heavy (non-hydrogen) atoms. The molecule has 0 bridgehead atoms. The van der Waals surface area contributed by atoms with Crippen LogP contribution in [0.4, 0.5) is 0 Å². The van der Waals surface area contributed by atoms with Crippen LogP contribution in [-0.4, -0.2) is 17.2 Å². The van der Waals surface area contributed by atoms with Crippen molar-refractivity contribution in [2.45, 2.75) is 4.90 Å². The molecule has 1 aromatic heterocycles. The summed E-state index contributed by atoms with van der Waals surface area (Å²) in [4.78, 5) is 0.888. The third-order valence-electron chi connectivity index (χ3n) is 1.83. The molecule has 0 aliphatic heterocycles. The van der Waals surface area contributed by atoms with Crippen molar-refractivity contribution in [3.05, 3.63) is 21.8 Å². The van der Waals surface area contributed by atoms with Crippen molar-refractivity contribution in [3.63, 3.8) is 0 Å². The molecule has 2 aromatic rings. The molecule has 6 heteroatoms. The van der Waals surface area contributed by atoms with Crippen LogP contribution in [0.25, 0.3) is 10.1 Å². The Bertz CT molecular complexity index is 483. The van der Waals surface area contributed by atoms with Gasteiger partial charge in [-0.3, -0.25) is 0 Å². The molecule has 0 aliphatic carbocycles. The van der Waals surface area contributed by atoms with Crippen LogP contribution in [-0.2, 0) is 0 Å². The van der Waals surface area contributed by atoms with E-state index in [1.807, 2.05) is 12.1 Å². The zero-order valence-corrected chi connectivity index (χ0v) is 10.8. The summed E-state index contributed by atoms with van der Waals surface area (Å²) in [5.41, 5.74) is 0. The molecular weight excluding hydrogens is 330 g/mol. The number of fused-ring (bicyclic) bond motifs is 1. The van der Waals surface area contributed by atoms with E-state index in [-0.39, 0.29) is 0 Å². The van der Waals surface area contributed by atoms with Gasteiger partial charge in [-0.1, -0.05) is 0 Å². The van der Waals surface area contributed by atoms with Crippen LogP contribution < -0.4 is 4.78 Å².